The fourth-order valence-electron chi connectivity index (χ4n) is 2.42. The van der Waals surface area contributed by atoms with Crippen LogP contribution in [0, 0.1) is 0 Å². The van der Waals surface area contributed by atoms with Gasteiger partial charge < -0.3 is 9.88 Å². The summed E-state index contributed by atoms with van der Waals surface area (Å²) in [5, 5.41) is 5.51. The lowest BCUT2D eigenvalue weighted by molar-refractivity contribution is 0.574. The maximum atomic E-state index is 4.75. The van der Waals surface area contributed by atoms with Crippen molar-refractivity contribution < 1.29 is 0 Å². The molecular formula is C15H16BrN3S. The van der Waals surface area contributed by atoms with Gasteiger partial charge in [0.25, 0.3) is 0 Å². The van der Waals surface area contributed by atoms with Crippen LogP contribution in [0.3, 0.4) is 0 Å². The molecule has 0 aliphatic carbocycles. The number of halogens is 1. The van der Waals surface area contributed by atoms with Gasteiger partial charge in [0.2, 0.25) is 0 Å². The molecule has 3 rings (SSSR count). The Morgan fingerprint density at radius 2 is 2.20 bits per heavy atom. The van der Waals surface area contributed by atoms with Gasteiger partial charge in [-0.3, -0.25) is 0 Å². The van der Waals surface area contributed by atoms with Crippen molar-refractivity contribution in [2.75, 3.05) is 7.05 Å². The molecule has 0 saturated heterocycles. The van der Waals surface area contributed by atoms with Crippen LogP contribution in [0.4, 0.5) is 0 Å². The minimum absolute atomic E-state index is 0.293. The first-order valence-corrected chi connectivity index (χ1v) is 8.18. The van der Waals surface area contributed by atoms with E-state index in [1.807, 2.05) is 13.1 Å². The molecule has 0 bridgehead atoms. The Morgan fingerprint density at radius 3 is 2.85 bits per heavy atom. The largest absolute Gasteiger partial charge is 0.331 e. The van der Waals surface area contributed by atoms with Crippen LogP contribution in [0.15, 0.2) is 40.2 Å². The Kier molecular flexibility index (Phi) is 3.92. The highest BCUT2D eigenvalue weighted by Crippen LogP contribution is 2.28. The molecule has 1 N–H and O–H groups in total. The molecule has 2 aromatic heterocycles. The first-order valence-electron chi connectivity index (χ1n) is 6.50. The van der Waals surface area contributed by atoms with Gasteiger partial charge in [0.1, 0.15) is 5.82 Å². The fraction of sp³-hybridized carbons (Fsp3) is 0.267. The van der Waals surface area contributed by atoms with E-state index in [9.17, 15) is 0 Å². The van der Waals surface area contributed by atoms with Gasteiger partial charge in [0.15, 0.2) is 0 Å². The number of thiophene rings is 1. The summed E-state index contributed by atoms with van der Waals surface area (Å²) < 4.78 is 3.32. The average molecular weight is 350 g/mol. The fourth-order valence-corrected chi connectivity index (χ4v) is 3.97. The summed E-state index contributed by atoms with van der Waals surface area (Å²) in [4.78, 5) is 6.07. The smallest absolute Gasteiger partial charge is 0.111 e. The van der Waals surface area contributed by atoms with Crippen LogP contribution in [0.1, 0.15) is 16.7 Å². The van der Waals surface area contributed by atoms with Gasteiger partial charge >= 0.3 is 0 Å². The molecule has 0 radical (unpaired) electrons. The van der Waals surface area contributed by atoms with E-state index >= 15 is 0 Å². The van der Waals surface area contributed by atoms with Crippen LogP contribution in [0.5, 0.6) is 0 Å². The van der Waals surface area contributed by atoms with E-state index in [4.69, 9.17) is 4.98 Å². The normalized spacial score (nSPS) is 12.9. The van der Waals surface area contributed by atoms with E-state index in [1.54, 1.807) is 11.3 Å². The molecule has 1 unspecified atom stereocenters. The van der Waals surface area contributed by atoms with Crippen LogP contribution < -0.4 is 5.32 Å². The number of aryl methyl sites for hydroxylation is 1. The molecule has 0 spiro atoms. The molecule has 0 aliphatic rings. The second kappa shape index (κ2) is 5.68. The summed E-state index contributed by atoms with van der Waals surface area (Å²) in [6, 6.07) is 10.7. The third-order valence-corrected chi connectivity index (χ3v) is 5.35. The molecule has 2 heterocycles. The van der Waals surface area contributed by atoms with Crippen molar-refractivity contribution in [3.05, 3.63) is 50.9 Å². The number of benzene rings is 1. The van der Waals surface area contributed by atoms with E-state index in [-0.39, 0.29) is 0 Å². The van der Waals surface area contributed by atoms with Crippen molar-refractivity contribution in [2.45, 2.75) is 12.5 Å². The van der Waals surface area contributed by atoms with E-state index in [2.05, 4.69) is 62.5 Å². The zero-order chi connectivity index (χ0) is 14.1. The number of nitrogens with zero attached hydrogens (tertiary/aromatic N) is 2. The molecular weight excluding hydrogens is 334 g/mol. The predicted molar refractivity (Wildman–Crippen MR) is 88.2 cm³/mol. The summed E-state index contributed by atoms with van der Waals surface area (Å²) in [6.07, 6.45) is 0.884. The highest BCUT2D eigenvalue weighted by atomic mass is 79.9. The molecule has 5 heteroatoms. The van der Waals surface area contributed by atoms with Crippen LogP contribution in [-0.2, 0) is 13.5 Å². The second-order valence-electron chi connectivity index (χ2n) is 4.79. The summed E-state index contributed by atoms with van der Waals surface area (Å²) >= 11 is 5.29. The molecule has 3 nitrogen and oxygen atoms in total. The van der Waals surface area contributed by atoms with Crippen LogP contribution in [0.25, 0.3) is 11.0 Å². The van der Waals surface area contributed by atoms with Crippen molar-refractivity contribution in [1.82, 2.24) is 14.9 Å². The Hall–Kier alpha value is -1.17. The number of nitrogens with one attached hydrogen (secondary N) is 1. The van der Waals surface area contributed by atoms with Gasteiger partial charge in [-0.2, -0.15) is 0 Å². The molecule has 104 valence electrons. The van der Waals surface area contributed by atoms with Gasteiger partial charge in [-0.05, 0) is 41.2 Å². The number of hydrogen-bond acceptors (Lipinski definition) is 3. The standard InChI is InChI=1S/C15H16BrN3S/c1-17-12(14-7-10(16)9-20-14)8-15-18-11-5-3-4-6-13(11)19(15)2/h3-7,9,12,17H,8H2,1-2H3. The summed E-state index contributed by atoms with van der Waals surface area (Å²) in [7, 11) is 4.09. The number of fused-ring (bicyclic) bond motifs is 1. The zero-order valence-electron chi connectivity index (χ0n) is 11.4. The molecule has 0 saturated carbocycles. The molecule has 20 heavy (non-hydrogen) atoms. The van der Waals surface area contributed by atoms with Crippen LogP contribution in [-0.4, -0.2) is 16.6 Å². The average Bonchev–Trinajstić information content (AvgIpc) is 3.01. The van der Waals surface area contributed by atoms with Crippen molar-refractivity contribution in [3.63, 3.8) is 0 Å². The summed E-state index contributed by atoms with van der Waals surface area (Å²) in [6.45, 7) is 0. The van der Waals surface area contributed by atoms with Crippen LogP contribution >= 0.6 is 27.3 Å². The monoisotopic (exact) mass is 349 g/mol. The molecule has 0 amide bonds. The minimum Gasteiger partial charge on any atom is -0.331 e. The van der Waals surface area contributed by atoms with Crippen molar-refractivity contribution >= 4 is 38.3 Å². The Labute approximate surface area is 130 Å². The highest BCUT2D eigenvalue weighted by Gasteiger charge is 2.16. The molecule has 1 aromatic carbocycles. The lowest BCUT2D eigenvalue weighted by atomic mass is 10.1. The maximum Gasteiger partial charge on any atom is 0.111 e. The SMILES string of the molecule is CNC(Cc1nc2ccccc2n1C)c1cc(Br)cs1. The first kappa shape index (κ1) is 13.8. The quantitative estimate of drug-likeness (QED) is 0.773. The third kappa shape index (κ3) is 2.53. The molecule has 1 atom stereocenters. The second-order valence-corrected chi connectivity index (χ2v) is 6.65. The summed E-state index contributed by atoms with van der Waals surface area (Å²) in [5.41, 5.74) is 2.25. The predicted octanol–water partition coefficient (Wildman–Crippen LogP) is 3.90. The first-order chi connectivity index (χ1) is 9.69. The van der Waals surface area contributed by atoms with Crippen molar-refractivity contribution in [3.8, 4) is 0 Å². The Balaban J connectivity index is 1.93. The Morgan fingerprint density at radius 1 is 1.40 bits per heavy atom. The summed E-state index contributed by atoms with van der Waals surface area (Å²) in [5.74, 6) is 1.11. The van der Waals surface area contributed by atoms with Gasteiger partial charge in [-0.1, -0.05) is 12.1 Å². The van der Waals surface area contributed by atoms with Gasteiger partial charge in [-0.25, -0.2) is 4.98 Å². The lowest BCUT2D eigenvalue weighted by Crippen LogP contribution is -2.19. The minimum atomic E-state index is 0.293. The zero-order valence-corrected chi connectivity index (χ0v) is 13.8. The lowest BCUT2D eigenvalue weighted by Gasteiger charge is -2.14. The number of rotatable bonds is 4. The van der Waals surface area contributed by atoms with Crippen LogP contribution in [0.2, 0.25) is 0 Å². The maximum absolute atomic E-state index is 4.75. The van der Waals surface area contributed by atoms with Crippen molar-refractivity contribution in [2.24, 2.45) is 7.05 Å². The third-order valence-electron chi connectivity index (χ3n) is 3.55. The molecule has 0 aliphatic heterocycles. The topological polar surface area (TPSA) is 29.9 Å². The molecule has 0 fully saturated rings. The number of hydrogen-bond donors (Lipinski definition) is 1. The van der Waals surface area contributed by atoms with E-state index in [1.165, 1.54) is 10.4 Å². The van der Waals surface area contributed by atoms with E-state index < -0.39 is 0 Å². The van der Waals surface area contributed by atoms with E-state index in [0.717, 1.165) is 22.2 Å². The number of likely N-dealkylation sites (N-methyl/N-ethyl adjacent to an activating group) is 1. The number of aromatic nitrogens is 2. The number of para-hydroxylation sites is 2. The Bertz CT molecular complexity index is 732. The highest BCUT2D eigenvalue weighted by molar-refractivity contribution is 9.10. The van der Waals surface area contributed by atoms with Gasteiger partial charge in [0, 0.05) is 34.2 Å². The van der Waals surface area contributed by atoms with Crippen molar-refractivity contribution in [1.29, 1.82) is 0 Å². The van der Waals surface area contributed by atoms with E-state index in [0.29, 0.717) is 6.04 Å². The number of imidazole rings is 1. The molecule has 3 aromatic rings. The van der Waals surface area contributed by atoms with Gasteiger partial charge in [-0.15, -0.1) is 11.3 Å². The van der Waals surface area contributed by atoms with Gasteiger partial charge in [0.05, 0.1) is 11.0 Å².